The van der Waals surface area contributed by atoms with Crippen LogP contribution >= 0.6 is 0 Å². The third-order valence-corrected chi connectivity index (χ3v) is 6.49. The van der Waals surface area contributed by atoms with Crippen molar-refractivity contribution >= 4 is 23.0 Å². The number of H-pyrrole nitrogens is 1. The van der Waals surface area contributed by atoms with Crippen LogP contribution in [0.15, 0.2) is 27.4 Å². The summed E-state index contributed by atoms with van der Waals surface area (Å²) in [5, 5.41) is 10.6. The number of aromatic amines is 1. The average molecular weight is 486 g/mol. The molecule has 2 fully saturated rings. The van der Waals surface area contributed by atoms with E-state index in [2.05, 4.69) is 10.3 Å². The van der Waals surface area contributed by atoms with Crippen LogP contribution in [0.4, 0.5) is 13.2 Å². The van der Waals surface area contributed by atoms with Crippen LogP contribution in [0, 0.1) is 11.8 Å². The standard InChI is InChI=1S/C21H29N3O3.C2HF3O2/c25-20(14-17-3-4-19-18(13-17)23-21(26)27-19)24-11-7-16(8-12-24)2-1-15-5-9-22-10-6-15;3-2(4,5)1(6)7/h3-4,13,15-16,22H,1-2,5-12,14H2,(H,23,26);(H,6,7). The van der Waals surface area contributed by atoms with Gasteiger partial charge >= 0.3 is 17.9 Å². The molecule has 1 aromatic carbocycles. The van der Waals surface area contributed by atoms with Gasteiger partial charge in [-0.2, -0.15) is 13.2 Å². The molecular weight excluding hydrogens is 455 g/mol. The minimum absolute atomic E-state index is 0.178. The van der Waals surface area contributed by atoms with Gasteiger partial charge in [0.25, 0.3) is 0 Å². The predicted octanol–water partition coefficient (Wildman–Crippen LogP) is 3.32. The molecule has 3 heterocycles. The van der Waals surface area contributed by atoms with Crippen molar-refractivity contribution in [3.63, 3.8) is 0 Å². The van der Waals surface area contributed by atoms with E-state index in [0.29, 0.717) is 17.5 Å². The van der Waals surface area contributed by atoms with Gasteiger partial charge in [0.2, 0.25) is 5.91 Å². The van der Waals surface area contributed by atoms with Crippen molar-refractivity contribution in [1.29, 1.82) is 0 Å². The number of hydrogen-bond donors (Lipinski definition) is 3. The Bertz CT molecular complexity index is 1020. The number of hydrogen-bond acceptors (Lipinski definition) is 5. The zero-order chi connectivity index (χ0) is 24.7. The second-order valence-electron chi connectivity index (χ2n) is 8.92. The van der Waals surface area contributed by atoms with E-state index in [-0.39, 0.29) is 5.91 Å². The normalized spacial score (nSPS) is 17.9. The number of rotatable bonds is 5. The lowest BCUT2D eigenvalue weighted by atomic mass is 9.85. The third-order valence-electron chi connectivity index (χ3n) is 6.49. The van der Waals surface area contributed by atoms with Crippen LogP contribution in [0.5, 0.6) is 0 Å². The van der Waals surface area contributed by atoms with Gasteiger partial charge in [0, 0.05) is 13.1 Å². The van der Waals surface area contributed by atoms with Crippen molar-refractivity contribution in [2.75, 3.05) is 26.2 Å². The summed E-state index contributed by atoms with van der Waals surface area (Å²) in [4.78, 5) is 37.4. The smallest absolute Gasteiger partial charge is 0.475 e. The van der Waals surface area contributed by atoms with Crippen LogP contribution in [0.25, 0.3) is 11.1 Å². The summed E-state index contributed by atoms with van der Waals surface area (Å²) < 4.78 is 36.7. The molecule has 0 radical (unpaired) electrons. The van der Waals surface area contributed by atoms with Gasteiger partial charge in [0.1, 0.15) is 0 Å². The zero-order valence-electron chi connectivity index (χ0n) is 18.8. The Labute approximate surface area is 194 Å². The number of fused-ring (bicyclic) bond motifs is 1. The Kier molecular flexibility index (Phi) is 8.76. The highest BCUT2D eigenvalue weighted by Gasteiger charge is 2.38. The van der Waals surface area contributed by atoms with Gasteiger partial charge in [-0.3, -0.25) is 9.78 Å². The van der Waals surface area contributed by atoms with Crippen molar-refractivity contribution in [2.45, 2.75) is 51.1 Å². The van der Waals surface area contributed by atoms with Crippen LogP contribution in [0.2, 0.25) is 0 Å². The van der Waals surface area contributed by atoms with E-state index < -0.39 is 17.9 Å². The van der Waals surface area contributed by atoms with Gasteiger partial charge in [0.05, 0.1) is 11.9 Å². The molecule has 4 rings (SSSR count). The number of carboxylic acids is 1. The molecule has 0 saturated carbocycles. The lowest BCUT2D eigenvalue weighted by Crippen LogP contribution is -2.39. The van der Waals surface area contributed by atoms with Crippen molar-refractivity contribution in [3.8, 4) is 0 Å². The molecule has 2 saturated heterocycles. The molecule has 0 aliphatic carbocycles. The first-order valence-electron chi connectivity index (χ1n) is 11.5. The molecule has 34 heavy (non-hydrogen) atoms. The number of alkyl halides is 3. The highest BCUT2D eigenvalue weighted by molar-refractivity contribution is 5.81. The molecule has 1 aromatic heterocycles. The Morgan fingerprint density at radius 2 is 1.65 bits per heavy atom. The molecular formula is C23H30F3N3O5. The molecule has 0 unspecified atom stereocenters. The first-order valence-corrected chi connectivity index (χ1v) is 11.5. The number of piperidine rings is 2. The van der Waals surface area contributed by atoms with Crippen LogP contribution in [-0.2, 0) is 16.0 Å². The van der Waals surface area contributed by atoms with Crippen LogP contribution in [-0.4, -0.2) is 59.2 Å². The summed E-state index contributed by atoms with van der Waals surface area (Å²) in [5.41, 5.74) is 2.10. The molecule has 2 aliphatic heterocycles. The highest BCUT2D eigenvalue weighted by Crippen LogP contribution is 2.27. The fourth-order valence-corrected chi connectivity index (χ4v) is 4.51. The second kappa shape index (κ2) is 11.5. The summed E-state index contributed by atoms with van der Waals surface area (Å²) in [6.07, 6.45) is 2.87. The van der Waals surface area contributed by atoms with Gasteiger partial charge in [-0.25, -0.2) is 9.59 Å². The average Bonchev–Trinajstić information content (AvgIpc) is 3.18. The summed E-state index contributed by atoms with van der Waals surface area (Å²) in [7, 11) is 0. The molecule has 0 spiro atoms. The molecule has 3 N–H and O–H groups in total. The minimum Gasteiger partial charge on any atom is -0.475 e. The Morgan fingerprint density at radius 1 is 1.06 bits per heavy atom. The Hall–Kier alpha value is -2.82. The fourth-order valence-electron chi connectivity index (χ4n) is 4.51. The number of aromatic nitrogens is 1. The molecule has 2 aliphatic rings. The van der Waals surface area contributed by atoms with Crippen molar-refractivity contribution in [3.05, 3.63) is 34.3 Å². The number of carbonyl (C=O) groups excluding carboxylic acids is 1. The van der Waals surface area contributed by atoms with Gasteiger partial charge in [-0.1, -0.05) is 18.9 Å². The second-order valence-corrected chi connectivity index (χ2v) is 8.92. The quantitative estimate of drug-likeness (QED) is 0.599. The first kappa shape index (κ1) is 25.8. The largest absolute Gasteiger partial charge is 0.490 e. The van der Waals surface area contributed by atoms with E-state index in [1.54, 1.807) is 6.07 Å². The lowest BCUT2D eigenvalue weighted by molar-refractivity contribution is -0.192. The van der Waals surface area contributed by atoms with Crippen LogP contribution in [0.3, 0.4) is 0 Å². The number of nitrogens with zero attached hydrogens (tertiary/aromatic N) is 1. The number of carboxylic acid groups (broad SMARTS) is 1. The number of benzene rings is 1. The monoisotopic (exact) mass is 485 g/mol. The molecule has 2 aromatic rings. The molecule has 188 valence electrons. The van der Waals surface area contributed by atoms with E-state index in [1.165, 1.54) is 38.8 Å². The number of likely N-dealkylation sites (tertiary alicyclic amines) is 1. The number of oxazole rings is 1. The maximum atomic E-state index is 12.6. The molecule has 8 nitrogen and oxygen atoms in total. The van der Waals surface area contributed by atoms with E-state index >= 15 is 0 Å². The lowest BCUT2D eigenvalue weighted by Gasteiger charge is -2.33. The van der Waals surface area contributed by atoms with Crippen molar-refractivity contribution < 1.29 is 32.3 Å². The number of nitrogens with one attached hydrogen (secondary N) is 2. The molecule has 0 bridgehead atoms. The SMILES string of the molecule is O=C(Cc1ccc2oc(=O)[nH]c2c1)N1CCC(CCC2CCNCC2)CC1.O=C(O)C(F)(F)F. The summed E-state index contributed by atoms with van der Waals surface area (Å²) in [6.45, 7) is 4.10. The summed E-state index contributed by atoms with van der Waals surface area (Å²) in [6, 6.07) is 5.45. The maximum absolute atomic E-state index is 12.6. The van der Waals surface area contributed by atoms with E-state index in [1.807, 2.05) is 17.0 Å². The van der Waals surface area contributed by atoms with Gasteiger partial charge in [0.15, 0.2) is 5.58 Å². The van der Waals surface area contributed by atoms with Gasteiger partial charge in [-0.15, -0.1) is 0 Å². The van der Waals surface area contributed by atoms with Gasteiger partial charge in [-0.05, 0) is 68.3 Å². The molecule has 0 atom stereocenters. The summed E-state index contributed by atoms with van der Waals surface area (Å²) in [5.74, 6) is -1.36. The van der Waals surface area contributed by atoms with E-state index in [4.69, 9.17) is 14.3 Å². The molecule has 1 amide bonds. The Balaban J connectivity index is 0.000000406. The predicted molar refractivity (Wildman–Crippen MR) is 118 cm³/mol. The number of halogens is 3. The molecule has 11 heteroatoms. The maximum Gasteiger partial charge on any atom is 0.490 e. The third kappa shape index (κ3) is 7.61. The van der Waals surface area contributed by atoms with Gasteiger partial charge < -0.3 is 19.7 Å². The zero-order valence-corrected chi connectivity index (χ0v) is 18.8. The van der Waals surface area contributed by atoms with E-state index in [9.17, 15) is 22.8 Å². The number of aliphatic carboxylic acids is 1. The Morgan fingerprint density at radius 3 is 2.24 bits per heavy atom. The highest BCUT2D eigenvalue weighted by atomic mass is 19.4. The first-order chi connectivity index (χ1) is 16.1. The number of carbonyl (C=O) groups is 2. The number of amides is 1. The minimum atomic E-state index is -5.08. The van der Waals surface area contributed by atoms with E-state index in [0.717, 1.165) is 43.3 Å². The van der Waals surface area contributed by atoms with Crippen LogP contribution in [0.1, 0.15) is 44.1 Å². The van der Waals surface area contributed by atoms with Crippen molar-refractivity contribution in [1.82, 2.24) is 15.2 Å². The van der Waals surface area contributed by atoms with Crippen LogP contribution < -0.4 is 11.1 Å². The summed E-state index contributed by atoms with van der Waals surface area (Å²) >= 11 is 0. The fraction of sp³-hybridized carbons (Fsp3) is 0.609. The van der Waals surface area contributed by atoms with Crippen molar-refractivity contribution in [2.24, 2.45) is 11.8 Å². The topological polar surface area (TPSA) is 116 Å².